The first kappa shape index (κ1) is 16.0. The molecule has 0 saturated carbocycles. The molecular weight excluding hydrogens is 282 g/mol. The third kappa shape index (κ3) is 4.86. The fourth-order valence-electron chi connectivity index (χ4n) is 2.74. The first-order valence-corrected chi connectivity index (χ1v) is 8.02. The Labute approximate surface area is 132 Å². The van der Waals surface area contributed by atoms with Gasteiger partial charge in [0.15, 0.2) is 5.11 Å². The van der Waals surface area contributed by atoms with Gasteiger partial charge in [0.25, 0.3) is 0 Å². The van der Waals surface area contributed by atoms with E-state index in [1.807, 2.05) is 24.3 Å². The van der Waals surface area contributed by atoms with Crippen molar-refractivity contribution >= 4 is 17.3 Å². The van der Waals surface area contributed by atoms with E-state index in [2.05, 4.69) is 22.5 Å². The topological polar surface area (TPSA) is 36.5 Å². The summed E-state index contributed by atoms with van der Waals surface area (Å²) in [6, 6.07) is 8.64. The van der Waals surface area contributed by atoms with Gasteiger partial charge >= 0.3 is 0 Å². The molecule has 1 atom stereocenters. The predicted octanol–water partition coefficient (Wildman–Crippen LogP) is 2.14. The van der Waals surface area contributed by atoms with Crippen LogP contribution in [0.2, 0.25) is 0 Å². The van der Waals surface area contributed by atoms with Gasteiger partial charge in [0, 0.05) is 19.1 Å². The SMILES string of the molecule is CCN1CCC[C@@H]1CNC(=S)NCc1ccc(OC)cc1. The van der Waals surface area contributed by atoms with Gasteiger partial charge in [0.1, 0.15) is 5.75 Å². The van der Waals surface area contributed by atoms with Gasteiger partial charge in [-0.1, -0.05) is 19.1 Å². The number of ether oxygens (including phenoxy) is 1. The smallest absolute Gasteiger partial charge is 0.166 e. The van der Waals surface area contributed by atoms with Crippen molar-refractivity contribution in [3.05, 3.63) is 29.8 Å². The summed E-state index contributed by atoms with van der Waals surface area (Å²) in [5.41, 5.74) is 1.19. The van der Waals surface area contributed by atoms with E-state index in [1.165, 1.54) is 24.9 Å². The van der Waals surface area contributed by atoms with E-state index in [-0.39, 0.29) is 0 Å². The number of likely N-dealkylation sites (tertiary alicyclic amines) is 1. The molecule has 2 N–H and O–H groups in total. The number of thiocarbonyl (C=S) groups is 1. The van der Waals surface area contributed by atoms with Crippen molar-refractivity contribution in [2.75, 3.05) is 26.7 Å². The summed E-state index contributed by atoms with van der Waals surface area (Å²) in [5, 5.41) is 7.32. The molecule has 116 valence electrons. The van der Waals surface area contributed by atoms with Crippen molar-refractivity contribution < 1.29 is 4.74 Å². The number of methoxy groups -OCH3 is 1. The molecule has 21 heavy (non-hydrogen) atoms. The van der Waals surface area contributed by atoms with E-state index < -0.39 is 0 Å². The van der Waals surface area contributed by atoms with Crippen LogP contribution in [0.4, 0.5) is 0 Å². The molecule has 1 heterocycles. The van der Waals surface area contributed by atoms with Crippen LogP contribution >= 0.6 is 12.2 Å². The second-order valence-electron chi connectivity index (χ2n) is 5.34. The fraction of sp³-hybridized carbons (Fsp3) is 0.562. The molecule has 1 fully saturated rings. The highest BCUT2D eigenvalue weighted by Crippen LogP contribution is 2.15. The predicted molar refractivity (Wildman–Crippen MR) is 90.7 cm³/mol. The Bertz CT molecular complexity index is 449. The van der Waals surface area contributed by atoms with E-state index in [4.69, 9.17) is 17.0 Å². The second-order valence-corrected chi connectivity index (χ2v) is 5.74. The molecule has 0 radical (unpaired) electrons. The molecule has 0 spiro atoms. The average Bonchev–Trinajstić information content (AvgIpc) is 2.99. The van der Waals surface area contributed by atoms with Crippen molar-refractivity contribution in [1.82, 2.24) is 15.5 Å². The molecule has 1 aromatic rings. The maximum absolute atomic E-state index is 5.35. The summed E-state index contributed by atoms with van der Waals surface area (Å²) in [6.07, 6.45) is 2.56. The zero-order valence-corrected chi connectivity index (χ0v) is 13.7. The summed E-state index contributed by atoms with van der Waals surface area (Å²) in [7, 11) is 1.68. The molecular formula is C16H25N3OS. The Balaban J connectivity index is 1.69. The van der Waals surface area contributed by atoms with Crippen molar-refractivity contribution in [2.24, 2.45) is 0 Å². The van der Waals surface area contributed by atoms with Crippen LogP contribution < -0.4 is 15.4 Å². The van der Waals surface area contributed by atoms with Crippen LogP contribution in [0.1, 0.15) is 25.3 Å². The highest BCUT2D eigenvalue weighted by atomic mass is 32.1. The minimum Gasteiger partial charge on any atom is -0.497 e. The standard InChI is InChI=1S/C16H25N3OS/c1-3-19-10-4-5-14(19)12-18-16(21)17-11-13-6-8-15(20-2)9-7-13/h6-9,14H,3-5,10-12H2,1-2H3,(H2,17,18,21)/t14-/m1/s1. The lowest BCUT2D eigenvalue weighted by atomic mass is 10.2. The number of nitrogens with one attached hydrogen (secondary N) is 2. The Morgan fingerprint density at radius 2 is 2.10 bits per heavy atom. The van der Waals surface area contributed by atoms with Crippen molar-refractivity contribution in [1.29, 1.82) is 0 Å². The monoisotopic (exact) mass is 307 g/mol. The summed E-state index contributed by atoms with van der Waals surface area (Å²) in [5.74, 6) is 0.875. The summed E-state index contributed by atoms with van der Waals surface area (Å²) in [6.45, 7) is 6.23. The molecule has 0 amide bonds. The van der Waals surface area contributed by atoms with Crippen molar-refractivity contribution in [3.8, 4) is 5.75 Å². The highest BCUT2D eigenvalue weighted by Gasteiger charge is 2.22. The van der Waals surface area contributed by atoms with E-state index in [1.54, 1.807) is 7.11 Å². The first-order chi connectivity index (χ1) is 10.2. The molecule has 4 nitrogen and oxygen atoms in total. The maximum Gasteiger partial charge on any atom is 0.166 e. The number of rotatable bonds is 6. The van der Waals surface area contributed by atoms with Gasteiger partial charge in [0.05, 0.1) is 7.11 Å². The van der Waals surface area contributed by atoms with Crippen LogP contribution in [0.5, 0.6) is 5.75 Å². The van der Waals surface area contributed by atoms with Gasteiger partial charge in [-0.2, -0.15) is 0 Å². The van der Waals surface area contributed by atoms with E-state index >= 15 is 0 Å². The quantitative estimate of drug-likeness (QED) is 0.788. The molecule has 2 rings (SSSR count). The lowest BCUT2D eigenvalue weighted by Gasteiger charge is -2.23. The third-order valence-electron chi connectivity index (χ3n) is 4.02. The van der Waals surface area contributed by atoms with Gasteiger partial charge in [0.2, 0.25) is 0 Å². The van der Waals surface area contributed by atoms with Gasteiger partial charge in [-0.05, 0) is 55.8 Å². The zero-order chi connectivity index (χ0) is 15.1. The van der Waals surface area contributed by atoms with Gasteiger partial charge < -0.3 is 15.4 Å². The lowest BCUT2D eigenvalue weighted by molar-refractivity contribution is 0.267. The normalized spacial score (nSPS) is 18.5. The summed E-state index contributed by atoms with van der Waals surface area (Å²) < 4.78 is 5.15. The molecule has 0 aliphatic carbocycles. The second kappa shape index (κ2) is 8.20. The van der Waals surface area contributed by atoms with Crippen LogP contribution in [0.15, 0.2) is 24.3 Å². The van der Waals surface area contributed by atoms with E-state index in [9.17, 15) is 0 Å². The average molecular weight is 307 g/mol. The zero-order valence-electron chi connectivity index (χ0n) is 12.9. The number of likely N-dealkylation sites (N-methyl/N-ethyl adjacent to an activating group) is 1. The minimum atomic E-state index is 0.621. The lowest BCUT2D eigenvalue weighted by Crippen LogP contribution is -2.43. The van der Waals surface area contributed by atoms with E-state index in [0.717, 1.165) is 30.5 Å². The minimum absolute atomic E-state index is 0.621. The summed E-state index contributed by atoms with van der Waals surface area (Å²) >= 11 is 5.35. The van der Waals surface area contributed by atoms with Crippen LogP contribution in [0.25, 0.3) is 0 Å². The summed E-state index contributed by atoms with van der Waals surface area (Å²) in [4.78, 5) is 2.51. The van der Waals surface area contributed by atoms with Crippen LogP contribution in [0.3, 0.4) is 0 Å². The molecule has 1 aliphatic heterocycles. The molecule has 0 bridgehead atoms. The van der Waals surface area contributed by atoms with Crippen LogP contribution in [0, 0.1) is 0 Å². The number of nitrogens with zero attached hydrogens (tertiary/aromatic N) is 1. The molecule has 1 aliphatic rings. The first-order valence-electron chi connectivity index (χ1n) is 7.61. The molecule has 5 heteroatoms. The fourth-order valence-corrected chi connectivity index (χ4v) is 2.90. The number of hydrogen-bond donors (Lipinski definition) is 2. The Hall–Kier alpha value is -1.33. The van der Waals surface area contributed by atoms with Gasteiger partial charge in [-0.15, -0.1) is 0 Å². The van der Waals surface area contributed by atoms with Gasteiger partial charge in [-0.3, -0.25) is 4.90 Å². The number of hydrogen-bond acceptors (Lipinski definition) is 3. The van der Waals surface area contributed by atoms with Crippen LogP contribution in [-0.2, 0) is 6.54 Å². The highest BCUT2D eigenvalue weighted by molar-refractivity contribution is 7.80. The molecule has 0 unspecified atom stereocenters. The van der Waals surface area contributed by atoms with Crippen molar-refractivity contribution in [2.45, 2.75) is 32.4 Å². The Kier molecular flexibility index (Phi) is 6.26. The molecule has 0 aromatic heterocycles. The van der Waals surface area contributed by atoms with Crippen molar-refractivity contribution in [3.63, 3.8) is 0 Å². The Morgan fingerprint density at radius 1 is 1.33 bits per heavy atom. The van der Waals surface area contributed by atoms with Crippen LogP contribution in [-0.4, -0.2) is 42.8 Å². The molecule has 1 saturated heterocycles. The van der Waals surface area contributed by atoms with Gasteiger partial charge in [-0.25, -0.2) is 0 Å². The Morgan fingerprint density at radius 3 is 2.76 bits per heavy atom. The number of benzene rings is 1. The largest absolute Gasteiger partial charge is 0.497 e. The maximum atomic E-state index is 5.35. The third-order valence-corrected chi connectivity index (χ3v) is 4.30. The molecule has 1 aromatic carbocycles. The van der Waals surface area contributed by atoms with E-state index in [0.29, 0.717) is 6.04 Å².